The van der Waals surface area contributed by atoms with Gasteiger partial charge in [-0.05, 0) is 60.2 Å². The maximum atomic E-state index is 11.6. The first-order chi connectivity index (χ1) is 8.13. The van der Waals surface area contributed by atoms with E-state index in [0.29, 0.717) is 23.7 Å². The molecule has 1 aromatic carbocycles. The number of hydrogen-bond donors (Lipinski definition) is 2. The lowest BCUT2D eigenvalue weighted by atomic mass is 10.2. The number of amides is 1. The zero-order chi connectivity index (χ0) is 12.7. The number of anilines is 1. The Bertz CT molecular complexity index is 385. The fraction of sp³-hybridized carbons (Fsp3) is 0.417. The van der Waals surface area contributed by atoms with E-state index in [9.17, 15) is 4.79 Å². The first-order valence-corrected chi connectivity index (χ1v) is 7.04. The normalized spacial score (nSPS) is 10.3. The van der Waals surface area contributed by atoms with Gasteiger partial charge in [0, 0.05) is 9.99 Å². The van der Waals surface area contributed by atoms with E-state index in [2.05, 4.69) is 27.9 Å². The van der Waals surface area contributed by atoms with E-state index in [1.54, 1.807) is 0 Å². The summed E-state index contributed by atoms with van der Waals surface area (Å²) in [5.41, 5.74) is 6.06. The maximum Gasteiger partial charge on any atom is 0.224 e. The van der Waals surface area contributed by atoms with E-state index in [4.69, 9.17) is 17.3 Å². The van der Waals surface area contributed by atoms with Gasteiger partial charge in [0.25, 0.3) is 0 Å². The molecule has 0 aliphatic carbocycles. The second-order valence-electron chi connectivity index (χ2n) is 3.77. The molecule has 0 radical (unpaired) electrons. The van der Waals surface area contributed by atoms with Gasteiger partial charge >= 0.3 is 0 Å². The molecule has 0 heterocycles. The van der Waals surface area contributed by atoms with Crippen molar-refractivity contribution in [2.24, 2.45) is 5.73 Å². The zero-order valence-electron chi connectivity index (χ0n) is 9.51. The van der Waals surface area contributed by atoms with Gasteiger partial charge in [0.1, 0.15) is 0 Å². The zero-order valence-corrected chi connectivity index (χ0v) is 12.4. The van der Waals surface area contributed by atoms with Gasteiger partial charge in [0.15, 0.2) is 0 Å². The minimum atomic E-state index is 0.00475. The minimum Gasteiger partial charge on any atom is -0.330 e. The highest BCUT2D eigenvalue weighted by Crippen LogP contribution is 2.24. The molecule has 0 saturated carbocycles. The van der Waals surface area contributed by atoms with E-state index in [0.717, 1.165) is 22.8 Å². The quantitative estimate of drug-likeness (QED) is 0.599. The number of carbonyl (C=O) groups excluding carboxylic acids is 1. The van der Waals surface area contributed by atoms with Crippen molar-refractivity contribution >= 4 is 45.8 Å². The van der Waals surface area contributed by atoms with Gasteiger partial charge in [0.2, 0.25) is 5.91 Å². The fourth-order valence-electron chi connectivity index (χ4n) is 1.41. The highest BCUT2D eigenvalue weighted by Gasteiger charge is 2.05. The molecule has 0 aliphatic heterocycles. The van der Waals surface area contributed by atoms with Crippen molar-refractivity contribution in [2.45, 2.75) is 25.7 Å². The van der Waals surface area contributed by atoms with Crippen LogP contribution in [-0.4, -0.2) is 12.5 Å². The van der Waals surface area contributed by atoms with Crippen molar-refractivity contribution in [2.75, 3.05) is 11.9 Å². The first kappa shape index (κ1) is 14.7. The summed E-state index contributed by atoms with van der Waals surface area (Å²) < 4.78 is 1.05. The Labute approximate surface area is 120 Å². The highest BCUT2D eigenvalue weighted by molar-refractivity contribution is 14.1. The highest BCUT2D eigenvalue weighted by atomic mass is 127. The Morgan fingerprint density at radius 3 is 2.76 bits per heavy atom. The molecule has 0 aliphatic rings. The lowest BCUT2D eigenvalue weighted by Crippen LogP contribution is -2.11. The van der Waals surface area contributed by atoms with Gasteiger partial charge in [-0.25, -0.2) is 0 Å². The largest absolute Gasteiger partial charge is 0.330 e. The fourth-order valence-corrected chi connectivity index (χ4v) is 2.31. The molecule has 5 heteroatoms. The number of benzene rings is 1. The van der Waals surface area contributed by atoms with Crippen LogP contribution in [0.2, 0.25) is 5.02 Å². The third kappa shape index (κ3) is 5.70. The van der Waals surface area contributed by atoms with Gasteiger partial charge < -0.3 is 11.1 Å². The van der Waals surface area contributed by atoms with Crippen LogP contribution in [0.4, 0.5) is 5.69 Å². The molecule has 0 atom stereocenters. The first-order valence-electron chi connectivity index (χ1n) is 5.58. The minimum absolute atomic E-state index is 0.00475. The summed E-state index contributed by atoms with van der Waals surface area (Å²) in [6, 6.07) is 5.56. The Hall–Kier alpha value is -0.330. The predicted molar refractivity (Wildman–Crippen MR) is 80.3 cm³/mol. The molecule has 0 aromatic heterocycles. The van der Waals surface area contributed by atoms with Crippen molar-refractivity contribution in [3.05, 3.63) is 26.8 Å². The number of rotatable bonds is 6. The van der Waals surface area contributed by atoms with Crippen LogP contribution in [0, 0.1) is 3.57 Å². The van der Waals surface area contributed by atoms with Crippen molar-refractivity contribution in [3.8, 4) is 0 Å². The topological polar surface area (TPSA) is 55.1 Å². The second-order valence-corrected chi connectivity index (χ2v) is 5.42. The molecule has 1 aromatic rings. The van der Waals surface area contributed by atoms with Crippen LogP contribution in [-0.2, 0) is 4.79 Å². The Balaban J connectivity index is 2.40. The number of nitrogens with two attached hydrogens (primary N) is 1. The smallest absolute Gasteiger partial charge is 0.224 e. The molecule has 0 fully saturated rings. The molecule has 94 valence electrons. The van der Waals surface area contributed by atoms with Crippen molar-refractivity contribution in [1.29, 1.82) is 0 Å². The lowest BCUT2D eigenvalue weighted by Gasteiger charge is -2.07. The van der Waals surface area contributed by atoms with Gasteiger partial charge in [-0.2, -0.15) is 0 Å². The summed E-state index contributed by atoms with van der Waals surface area (Å²) in [4.78, 5) is 11.6. The summed E-state index contributed by atoms with van der Waals surface area (Å²) in [6.07, 6.45) is 3.34. The number of carbonyl (C=O) groups is 1. The van der Waals surface area contributed by atoms with Crippen LogP contribution < -0.4 is 11.1 Å². The molecule has 0 bridgehead atoms. The Kier molecular flexibility index (Phi) is 6.84. The third-order valence-electron chi connectivity index (χ3n) is 2.31. The van der Waals surface area contributed by atoms with Gasteiger partial charge in [-0.3, -0.25) is 4.79 Å². The van der Waals surface area contributed by atoms with Gasteiger partial charge in [-0.15, -0.1) is 0 Å². The summed E-state index contributed by atoms with van der Waals surface area (Å²) in [5.74, 6) is 0.00475. The summed E-state index contributed by atoms with van der Waals surface area (Å²) >= 11 is 8.20. The van der Waals surface area contributed by atoms with Crippen LogP contribution >= 0.6 is 34.2 Å². The summed E-state index contributed by atoms with van der Waals surface area (Å²) in [5, 5.41) is 3.38. The molecule has 17 heavy (non-hydrogen) atoms. The third-order valence-corrected chi connectivity index (χ3v) is 3.30. The van der Waals surface area contributed by atoms with E-state index >= 15 is 0 Å². The SMILES string of the molecule is NCCCCCC(=O)Nc1ccc(I)cc1Cl. The summed E-state index contributed by atoms with van der Waals surface area (Å²) in [7, 11) is 0. The number of hydrogen-bond acceptors (Lipinski definition) is 2. The monoisotopic (exact) mass is 366 g/mol. The lowest BCUT2D eigenvalue weighted by molar-refractivity contribution is -0.116. The van der Waals surface area contributed by atoms with Crippen LogP contribution in [0.3, 0.4) is 0 Å². The average Bonchev–Trinajstić information content (AvgIpc) is 2.28. The predicted octanol–water partition coefficient (Wildman–Crippen LogP) is 3.40. The van der Waals surface area contributed by atoms with E-state index in [-0.39, 0.29) is 5.91 Å². The molecule has 0 spiro atoms. The molecule has 1 amide bonds. The molecule has 0 saturated heterocycles. The van der Waals surface area contributed by atoms with Crippen molar-refractivity contribution in [1.82, 2.24) is 0 Å². The van der Waals surface area contributed by atoms with Gasteiger partial charge in [0.05, 0.1) is 10.7 Å². The molecular weight excluding hydrogens is 351 g/mol. The molecule has 0 unspecified atom stereocenters. The van der Waals surface area contributed by atoms with E-state index < -0.39 is 0 Å². The van der Waals surface area contributed by atoms with E-state index in [1.807, 2.05) is 18.2 Å². The maximum absolute atomic E-state index is 11.6. The molecular formula is C12H16ClIN2O. The standard InChI is InChI=1S/C12H16ClIN2O/c13-10-8-9(14)5-6-11(10)16-12(17)4-2-1-3-7-15/h5-6,8H,1-4,7,15H2,(H,16,17). The molecule has 1 rings (SSSR count). The average molecular weight is 367 g/mol. The second kappa shape index (κ2) is 7.89. The molecule has 3 nitrogen and oxygen atoms in total. The Morgan fingerprint density at radius 1 is 1.35 bits per heavy atom. The van der Waals surface area contributed by atoms with Crippen molar-refractivity contribution < 1.29 is 4.79 Å². The van der Waals surface area contributed by atoms with Crippen LogP contribution in [0.15, 0.2) is 18.2 Å². The number of unbranched alkanes of at least 4 members (excludes halogenated alkanes) is 2. The van der Waals surface area contributed by atoms with Crippen molar-refractivity contribution in [3.63, 3.8) is 0 Å². The Morgan fingerprint density at radius 2 is 2.12 bits per heavy atom. The molecule has 3 N–H and O–H groups in total. The summed E-state index contributed by atoms with van der Waals surface area (Å²) in [6.45, 7) is 0.685. The number of nitrogens with one attached hydrogen (secondary N) is 1. The van der Waals surface area contributed by atoms with Gasteiger partial charge in [-0.1, -0.05) is 18.0 Å². The van der Waals surface area contributed by atoms with Crippen LogP contribution in [0.25, 0.3) is 0 Å². The number of halogens is 2. The van der Waals surface area contributed by atoms with Crippen LogP contribution in [0.5, 0.6) is 0 Å². The van der Waals surface area contributed by atoms with Crippen LogP contribution in [0.1, 0.15) is 25.7 Å². The van der Waals surface area contributed by atoms with E-state index in [1.165, 1.54) is 0 Å².